The molecule has 0 saturated carbocycles. The van der Waals surface area contributed by atoms with Gasteiger partial charge in [-0.25, -0.2) is 0 Å². The molecule has 0 spiro atoms. The molecule has 3 rings (SSSR count). The van der Waals surface area contributed by atoms with Crippen LogP contribution in [0.25, 0.3) is 0 Å². The first-order valence-corrected chi connectivity index (χ1v) is 8.54. The Labute approximate surface area is 137 Å². The predicted molar refractivity (Wildman–Crippen MR) is 87.2 cm³/mol. The zero-order valence-electron chi connectivity index (χ0n) is 13.8. The van der Waals surface area contributed by atoms with Crippen molar-refractivity contribution in [1.29, 1.82) is 0 Å². The molecule has 0 bridgehead atoms. The van der Waals surface area contributed by atoms with E-state index in [1.807, 2.05) is 17.0 Å². The van der Waals surface area contributed by atoms with E-state index in [9.17, 15) is 4.79 Å². The maximum Gasteiger partial charge on any atom is 0.254 e. The van der Waals surface area contributed by atoms with Crippen molar-refractivity contribution in [3.63, 3.8) is 0 Å². The summed E-state index contributed by atoms with van der Waals surface area (Å²) in [5.41, 5.74) is 0.671. The highest BCUT2D eigenvalue weighted by molar-refractivity contribution is 5.95. The second-order valence-corrected chi connectivity index (χ2v) is 6.19. The molecule has 0 aromatic heterocycles. The molecule has 1 amide bonds. The van der Waals surface area contributed by atoms with Gasteiger partial charge >= 0.3 is 0 Å². The average molecular weight is 319 g/mol. The maximum absolute atomic E-state index is 12.9. The first kappa shape index (κ1) is 16.1. The highest BCUT2D eigenvalue weighted by atomic mass is 16.6. The summed E-state index contributed by atoms with van der Waals surface area (Å²) >= 11 is 0. The van der Waals surface area contributed by atoms with E-state index in [0.717, 1.165) is 51.3 Å². The normalized spacial score (nSPS) is 19.6. The molecule has 2 aliphatic heterocycles. The number of unbranched alkanes of at least 4 members (excludes halogenated alkanes) is 1. The second kappa shape index (κ2) is 7.68. The smallest absolute Gasteiger partial charge is 0.254 e. The molecule has 1 atom stereocenters. The van der Waals surface area contributed by atoms with Gasteiger partial charge in [-0.3, -0.25) is 4.79 Å². The summed E-state index contributed by atoms with van der Waals surface area (Å²) in [4.78, 5) is 14.9. The van der Waals surface area contributed by atoms with Gasteiger partial charge < -0.3 is 19.1 Å². The number of hydrogen-bond acceptors (Lipinski definition) is 4. The van der Waals surface area contributed by atoms with E-state index in [2.05, 4.69) is 6.92 Å². The van der Waals surface area contributed by atoms with Crippen molar-refractivity contribution in [2.45, 2.75) is 26.2 Å². The highest BCUT2D eigenvalue weighted by Gasteiger charge is 2.24. The van der Waals surface area contributed by atoms with Crippen LogP contribution >= 0.6 is 0 Å². The van der Waals surface area contributed by atoms with Gasteiger partial charge in [0, 0.05) is 31.2 Å². The molecule has 23 heavy (non-hydrogen) atoms. The third kappa shape index (κ3) is 3.96. The molecule has 2 heterocycles. The minimum Gasteiger partial charge on any atom is -0.486 e. The number of nitrogens with zero attached hydrogens (tertiary/aromatic N) is 1. The van der Waals surface area contributed by atoms with Gasteiger partial charge in [-0.2, -0.15) is 0 Å². The van der Waals surface area contributed by atoms with Crippen LogP contribution in [0.15, 0.2) is 18.2 Å². The van der Waals surface area contributed by atoms with Crippen molar-refractivity contribution < 1.29 is 19.0 Å². The van der Waals surface area contributed by atoms with E-state index < -0.39 is 0 Å². The van der Waals surface area contributed by atoms with Crippen LogP contribution in [0.3, 0.4) is 0 Å². The predicted octanol–water partition coefficient (Wildman–Crippen LogP) is 2.74. The lowest BCUT2D eigenvalue weighted by molar-refractivity contribution is 0.0717. The largest absolute Gasteiger partial charge is 0.486 e. The van der Waals surface area contributed by atoms with Crippen molar-refractivity contribution in [3.05, 3.63) is 23.8 Å². The van der Waals surface area contributed by atoms with Crippen molar-refractivity contribution in [1.82, 2.24) is 4.90 Å². The Balaban J connectivity index is 1.73. The van der Waals surface area contributed by atoms with Crippen LogP contribution in [-0.2, 0) is 4.74 Å². The average Bonchev–Trinajstić information content (AvgIpc) is 3.10. The van der Waals surface area contributed by atoms with E-state index in [-0.39, 0.29) is 5.91 Å². The molecule has 2 aliphatic rings. The summed E-state index contributed by atoms with van der Waals surface area (Å²) in [7, 11) is 0. The summed E-state index contributed by atoms with van der Waals surface area (Å²) in [5, 5.41) is 0. The third-order valence-electron chi connectivity index (χ3n) is 4.36. The molecule has 1 fully saturated rings. The second-order valence-electron chi connectivity index (χ2n) is 6.19. The Hall–Kier alpha value is -1.75. The van der Waals surface area contributed by atoms with Gasteiger partial charge in [0.2, 0.25) is 0 Å². The standard InChI is InChI=1S/C18H25NO4/c1-2-3-7-19(12-14-6-8-21-13-14)18(20)15-4-5-16-17(11-15)23-10-9-22-16/h4-5,11,14H,2-3,6-10,12-13H2,1H3. The lowest BCUT2D eigenvalue weighted by Gasteiger charge is -2.26. The van der Waals surface area contributed by atoms with Crippen molar-refractivity contribution in [3.8, 4) is 11.5 Å². The van der Waals surface area contributed by atoms with Crippen LogP contribution in [0.5, 0.6) is 11.5 Å². The zero-order chi connectivity index (χ0) is 16.1. The molecule has 5 heteroatoms. The number of ether oxygens (including phenoxy) is 3. The monoisotopic (exact) mass is 319 g/mol. The Morgan fingerprint density at radius 2 is 2.04 bits per heavy atom. The Kier molecular flexibility index (Phi) is 5.39. The number of amides is 1. The van der Waals surface area contributed by atoms with Gasteiger partial charge in [-0.15, -0.1) is 0 Å². The quantitative estimate of drug-likeness (QED) is 0.809. The number of hydrogen-bond donors (Lipinski definition) is 0. The summed E-state index contributed by atoms with van der Waals surface area (Å²) in [5.74, 6) is 1.91. The molecule has 1 saturated heterocycles. The molecule has 5 nitrogen and oxygen atoms in total. The molecule has 0 aliphatic carbocycles. The van der Waals surface area contributed by atoms with E-state index in [4.69, 9.17) is 14.2 Å². The van der Waals surface area contributed by atoms with Gasteiger partial charge in [-0.05, 0) is 31.0 Å². The fourth-order valence-electron chi connectivity index (χ4n) is 3.02. The molecular weight excluding hydrogens is 294 g/mol. The number of carbonyl (C=O) groups is 1. The van der Waals surface area contributed by atoms with Gasteiger partial charge in [0.1, 0.15) is 13.2 Å². The third-order valence-corrected chi connectivity index (χ3v) is 4.36. The molecular formula is C18H25NO4. The fraction of sp³-hybridized carbons (Fsp3) is 0.611. The summed E-state index contributed by atoms with van der Waals surface area (Å²) < 4.78 is 16.6. The van der Waals surface area contributed by atoms with Crippen molar-refractivity contribution in [2.24, 2.45) is 5.92 Å². The zero-order valence-corrected chi connectivity index (χ0v) is 13.8. The van der Waals surface area contributed by atoms with Gasteiger partial charge in [-0.1, -0.05) is 13.3 Å². The molecule has 1 aromatic carbocycles. The lowest BCUT2D eigenvalue weighted by Crippen LogP contribution is -2.36. The minimum atomic E-state index is 0.0716. The summed E-state index contributed by atoms with van der Waals surface area (Å²) in [6.07, 6.45) is 3.13. The maximum atomic E-state index is 12.9. The van der Waals surface area contributed by atoms with Crippen LogP contribution < -0.4 is 9.47 Å². The molecule has 0 N–H and O–H groups in total. The van der Waals surface area contributed by atoms with Gasteiger partial charge in [0.05, 0.1) is 6.61 Å². The van der Waals surface area contributed by atoms with Crippen LogP contribution in [0.1, 0.15) is 36.5 Å². The topological polar surface area (TPSA) is 48.0 Å². The van der Waals surface area contributed by atoms with E-state index in [1.165, 1.54) is 0 Å². The van der Waals surface area contributed by atoms with Gasteiger partial charge in [0.15, 0.2) is 11.5 Å². The fourth-order valence-corrected chi connectivity index (χ4v) is 3.02. The molecule has 126 valence electrons. The Bertz CT molecular complexity index is 540. The number of carbonyl (C=O) groups excluding carboxylic acids is 1. The van der Waals surface area contributed by atoms with E-state index in [0.29, 0.717) is 30.4 Å². The molecule has 1 aromatic rings. The van der Waals surface area contributed by atoms with Crippen LogP contribution in [0.4, 0.5) is 0 Å². The number of benzene rings is 1. The first-order valence-electron chi connectivity index (χ1n) is 8.54. The van der Waals surface area contributed by atoms with Crippen molar-refractivity contribution >= 4 is 5.91 Å². The van der Waals surface area contributed by atoms with Gasteiger partial charge in [0.25, 0.3) is 5.91 Å². The first-order chi connectivity index (χ1) is 11.3. The van der Waals surface area contributed by atoms with Crippen molar-refractivity contribution in [2.75, 3.05) is 39.5 Å². The Morgan fingerprint density at radius 3 is 2.78 bits per heavy atom. The summed E-state index contributed by atoms with van der Waals surface area (Å²) in [6, 6.07) is 5.47. The number of fused-ring (bicyclic) bond motifs is 1. The van der Waals surface area contributed by atoms with Crippen LogP contribution in [-0.4, -0.2) is 50.3 Å². The number of rotatable bonds is 6. The molecule has 1 unspecified atom stereocenters. The molecule has 0 radical (unpaired) electrons. The SMILES string of the molecule is CCCCN(CC1CCOC1)C(=O)c1ccc2c(c1)OCCO2. The highest BCUT2D eigenvalue weighted by Crippen LogP contribution is 2.31. The van der Waals surface area contributed by atoms with Crippen LogP contribution in [0, 0.1) is 5.92 Å². The van der Waals surface area contributed by atoms with E-state index >= 15 is 0 Å². The lowest BCUT2D eigenvalue weighted by atomic mass is 10.1. The van der Waals surface area contributed by atoms with E-state index in [1.54, 1.807) is 6.07 Å². The Morgan fingerprint density at radius 1 is 1.22 bits per heavy atom. The summed E-state index contributed by atoms with van der Waals surface area (Å²) in [6.45, 7) is 6.37. The van der Waals surface area contributed by atoms with Crippen LogP contribution in [0.2, 0.25) is 0 Å². The minimum absolute atomic E-state index is 0.0716.